The lowest BCUT2D eigenvalue weighted by molar-refractivity contribution is 1.17. The molecule has 0 amide bonds. The van der Waals surface area contributed by atoms with E-state index in [2.05, 4.69) is 31.7 Å². The predicted molar refractivity (Wildman–Crippen MR) is 37.9 cm³/mol. The van der Waals surface area contributed by atoms with Gasteiger partial charge < -0.3 is 0 Å². The minimum atomic E-state index is 0.969. The molecule has 0 saturated heterocycles. The third-order valence-corrected chi connectivity index (χ3v) is 0.956. The van der Waals surface area contributed by atoms with Gasteiger partial charge >= 0.3 is 0 Å². The molecule has 0 aliphatic rings. The second-order valence-corrected chi connectivity index (χ2v) is 1.84. The molecule has 0 aromatic rings. The van der Waals surface area contributed by atoms with Crippen LogP contribution >= 0.6 is 12.6 Å². The average molecular weight is 116 g/mol. The molecule has 42 valence electrons. The van der Waals surface area contributed by atoms with Crippen LogP contribution in [0.1, 0.15) is 19.8 Å². The average Bonchev–Trinajstić information content (AvgIpc) is 1.69. The molecule has 0 N–H and O–H groups in total. The Bertz CT molecular complexity index is 48.1. The maximum Gasteiger partial charge on any atom is -0.00633 e. The van der Waals surface area contributed by atoms with Crippen LogP contribution in [-0.2, 0) is 0 Å². The number of hydrogen-bond donors (Lipinski definition) is 1. The van der Waals surface area contributed by atoms with Crippen LogP contribution in [0.2, 0.25) is 0 Å². The SMILES string of the molecule is CC/C=C/CCS. The smallest absolute Gasteiger partial charge is 0.00633 e. The van der Waals surface area contributed by atoms with Crippen molar-refractivity contribution in [3.63, 3.8) is 0 Å². The van der Waals surface area contributed by atoms with Crippen molar-refractivity contribution in [1.82, 2.24) is 0 Å². The molecule has 0 aromatic carbocycles. The Hall–Kier alpha value is 0.0900. The highest BCUT2D eigenvalue weighted by atomic mass is 32.1. The van der Waals surface area contributed by atoms with Gasteiger partial charge in [-0.2, -0.15) is 12.6 Å². The van der Waals surface area contributed by atoms with Crippen LogP contribution < -0.4 is 0 Å². The quantitative estimate of drug-likeness (QED) is 0.424. The van der Waals surface area contributed by atoms with E-state index in [9.17, 15) is 0 Å². The lowest BCUT2D eigenvalue weighted by atomic mass is 10.4. The Balaban J connectivity index is 2.78. The molecule has 1 heteroatoms. The second-order valence-electron chi connectivity index (χ2n) is 1.39. The molecule has 7 heavy (non-hydrogen) atoms. The minimum absolute atomic E-state index is 0.969. The van der Waals surface area contributed by atoms with Gasteiger partial charge in [-0.15, -0.1) is 0 Å². The maximum absolute atomic E-state index is 4.04. The summed E-state index contributed by atoms with van der Waals surface area (Å²) in [5.74, 6) is 0.969. The highest BCUT2D eigenvalue weighted by Crippen LogP contribution is 1.86. The standard InChI is InChI=1S/C6H12S/c1-2-3-4-5-6-7/h3-4,7H,2,5-6H2,1H3/b4-3+. The fourth-order valence-corrected chi connectivity index (χ4v) is 0.508. The van der Waals surface area contributed by atoms with E-state index in [1.807, 2.05) is 0 Å². The summed E-state index contributed by atoms with van der Waals surface area (Å²) in [6.45, 7) is 2.13. The summed E-state index contributed by atoms with van der Waals surface area (Å²) < 4.78 is 0. The summed E-state index contributed by atoms with van der Waals surface area (Å²) in [5, 5.41) is 0. The Morgan fingerprint density at radius 3 is 2.57 bits per heavy atom. The van der Waals surface area contributed by atoms with Crippen LogP contribution in [0, 0.1) is 0 Å². The molecule has 0 spiro atoms. The molecule has 0 heterocycles. The van der Waals surface area contributed by atoms with E-state index >= 15 is 0 Å². The third kappa shape index (κ3) is 6.09. The van der Waals surface area contributed by atoms with Gasteiger partial charge in [-0.1, -0.05) is 19.1 Å². The molecule has 0 rings (SSSR count). The normalized spacial score (nSPS) is 10.6. The Kier molecular flexibility index (Phi) is 6.17. The molecular formula is C6H12S. The van der Waals surface area contributed by atoms with Crippen LogP contribution in [0.4, 0.5) is 0 Å². The first-order valence-electron chi connectivity index (χ1n) is 2.67. The molecule has 0 saturated carbocycles. The van der Waals surface area contributed by atoms with E-state index in [-0.39, 0.29) is 0 Å². The van der Waals surface area contributed by atoms with Crippen molar-refractivity contribution in [1.29, 1.82) is 0 Å². The van der Waals surface area contributed by atoms with Gasteiger partial charge in [0, 0.05) is 0 Å². The summed E-state index contributed by atoms with van der Waals surface area (Å²) in [7, 11) is 0. The van der Waals surface area contributed by atoms with Gasteiger partial charge in [0.1, 0.15) is 0 Å². The van der Waals surface area contributed by atoms with Crippen LogP contribution in [0.3, 0.4) is 0 Å². The van der Waals surface area contributed by atoms with Crippen LogP contribution in [0.25, 0.3) is 0 Å². The van der Waals surface area contributed by atoms with E-state index in [1.54, 1.807) is 0 Å². The fraction of sp³-hybridized carbons (Fsp3) is 0.667. The lowest BCUT2D eigenvalue weighted by Gasteiger charge is -1.79. The molecule has 0 fully saturated rings. The van der Waals surface area contributed by atoms with E-state index in [1.165, 1.54) is 0 Å². The van der Waals surface area contributed by atoms with Crippen LogP contribution in [0.5, 0.6) is 0 Å². The fourth-order valence-electron chi connectivity index (χ4n) is 0.359. The zero-order chi connectivity index (χ0) is 5.54. The summed E-state index contributed by atoms with van der Waals surface area (Å²) >= 11 is 4.04. The van der Waals surface area contributed by atoms with Crippen molar-refractivity contribution in [2.45, 2.75) is 19.8 Å². The third-order valence-electron chi connectivity index (χ3n) is 0.698. The van der Waals surface area contributed by atoms with Gasteiger partial charge in [0.15, 0.2) is 0 Å². The molecule has 0 atom stereocenters. The minimum Gasteiger partial charge on any atom is -0.179 e. The Labute approximate surface area is 51.0 Å². The first kappa shape index (κ1) is 7.09. The summed E-state index contributed by atoms with van der Waals surface area (Å²) in [4.78, 5) is 0. The van der Waals surface area contributed by atoms with Crippen molar-refractivity contribution >= 4 is 12.6 Å². The van der Waals surface area contributed by atoms with Crippen molar-refractivity contribution < 1.29 is 0 Å². The van der Waals surface area contributed by atoms with Gasteiger partial charge in [0.05, 0.1) is 0 Å². The van der Waals surface area contributed by atoms with E-state index < -0.39 is 0 Å². The molecule has 0 bridgehead atoms. The van der Waals surface area contributed by atoms with Crippen LogP contribution in [-0.4, -0.2) is 5.75 Å². The van der Waals surface area contributed by atoms with Gasteiger partial charge in [-0.05, 0) is 18.6 Å². The van der Waals surface area contributed by atoms with Gasteiger partial charge in [-0.3, -0.25) is 0 Å². The molecule has 0 nitrogen and oxygen atoms in total. The molecule has 0 radical (unpaired) electrons. The molecule has 0 aliphatic heterocycles. The summed E-state index contributed by atoms with van der Waals surface area (Å²) in [5.41, 5.74) is 0. The number of allylic oxidation sites excluding steroid dienone is 2. The number of hydrogen-bond acceptors (Lipinski definition) is 1. The maximum atomic E-state index is 4.04. The van der Waals surface area contributed by atoms with Crippen molar-refractivity contribution in [3.8, 4) is 0 Å². The topological polar surface area (TPSA) is 0 Å². The monoisotopic (exact) mass is 116 g/mol. The zero-order valence-corrected chi connectivity index (χ0v) is 5.62. The summed E-state index contributed by atoms with van der Waals surface area (Å²) in [6, 6.07) is 0. The van der Waals surface area contributed by atoms with Gasteiger partial charge in [0.2, 0.25) is 0 Å². The second kappa shape index (κ2) is 6.09. The first-order chi connectivity index (χ1) is 3.41. The van der Waals surface area contributed by atoms with Crippen LogP contribution in [0.15, 0.2) is 12.2 Å². The van der Waals surface area contributed by atoms with Gasteiger partial charge in [-0.25, -0.2) is 0 Å². The van der Waals surface area contributed by atoms with Crippen molar-refractivity contribution in [3.05, 3.63) is 12.2 Å². The van der Waals surface area contributed by atoms with Crippen molar-refractivity contribution in [2.75, 3.05) is 5.75 Å². The summed E-state index contributed by atoms with van der Waals surface area (Å²) in [6.07, 6.45) is 6.58. The molecule has 0 unspecified atom stereocenters. The molecule has 0 aromatic heterocycles. The van der Waals surface area contributed by atoms with Gasteiger partial charge in [0.25, 0.3) is 0 Å². The largest absolute Gasteiger partial charge is 0.179 e. The van der Waals surface area contributed by atoms with E-state index in [0.29, 0.717) is 0 Å². The molecule has 0 aliphatic carbocycles. The zero-order valence-electron chi connectivity index (χ0n) is 4.72. The van der Waals surface area contributed by atoms with E-state index in [4.69, 9.17) is 0 Å². The molecular weight excluding hydrogens is 104 g/mol. The predicted octanol–water partition coefficient (Wildman–Crippen LogP) is 2.27. The highest BCUT2D eigenvalue weighted by molar-refractivity contribution is 7.80. The highest BCUT2D eigenvalue weighted by Gasteiger charge is 1.68. The van der Waals surface area contributed by atoms with Crippen molar-refractivity contribution in [2.24, 2.45) is 0 Å². The first-order valence-corrected chi connectivity index (χ1v) is 3.31. The number of rotatable bonds is 3. The lowest BCUT2D eigenvalue weighted by Crippen LogP contribution is -1.64. The Morgan fingerprint density at radius 1 is 1.43 bits per heavy atom. The van der Waals surface area contributed by atoms with E-state index in [0.717, 1.165) is 18.6 Å². The Morgan fingerprint density at radius 2 is 2.14 bits per heavy atom. The number of thiol groups is 1.